The second kappa shape index (κ2) is 8.70. The van der Waals surface area contributed by atoms with E-state index in [-0.39, 0.29) is 17.7 Å². The van der Waals surface area contributed by atoms with E-state index in [4.69, 9.17) is 0 Å². The first kappa shape index (κ1) is 19.2. The molecule has 1 fully saturated rings. The molecular formula is C17H28N2O4. The normalized spacial score (nSPS) is 20.9. The lowest BCUT2D eigenvalue weighted by molar-refractivity contribution is -0.151. The summed E-state index contributed by atoms with van der Waals surface area (Å²) in [5.41, 5.74) is 0.511. The number of nitrogens with one attached hydrogen (secondary N) is 1. The average Bonchev–Trinajstić information content (AvgIpc) is 2.52. The van der Waals surface area contributed by atoms with Gasteiger partial charge >= 0.3 is 5.97 Å². The topological polar surface area (TPSA) is 86.7 Å². The maximum absolute atomic E-state index is 12.5. The molecule has 1 rings (SSSR count). The van der Waals surface area contributed by atoms with Gasteiger partial charge in [-0.05, 0) is 18.8 Å². The van der Waals surface area contributed by atoms with Crippen molar-refractivity contribution >= 4 is 17.8 Å². The van der Waals surface area contributed by atoms with Crippen molar-refractivity contribution in [3.63, 3.8) is 0 Å². The van der Waals surface area contributed by atoms with Crippen LogP contribution < -0.4 is 5.32 Å². The van der Waals surface area contributed by atoms with Gasteiger partial charge in [-0.25, -0.2) is 0 Å². The molecule has 6 nitrogen and oxygen atoms in total. The summed E-state index contributed by atoms with van der Waals surface area (Å²) in [5, 5.41) is 12.0. The van der Waals surface area contributed by atoms with E-state index in [0.717, 1.165) is 12.8 Å². The molecule has 2 N–H and O–H groups in total. The quantitative estimate of drug-likeness (QED) is 0.697. The molecule has 1 aliphatic rings. The molecule has 0 spiro atoms. The molecule has 23 heavy (non-hydrogen) atoms. The van der Waals surface area contributed by atoms with Crippen LogP contribution in [0.4, 0.5) is 0 Å². The van der Waals surface area contributed by atoms with Crippen LogP contribution in [0.25, 0.3) is 0 Å². The molecule has 2 unspecified atom stereocenters. The van der Waals surface area contributed by atoms with Gasteiger partial charge in [0.15, 0.2) is 0 Å². The summed E-state index contributed by atoms with van der Waals surface area (Å²) in [5.74, 6) is -2.21. The molecule has 2 atom stereocenters. The minimum absolute atomic E-state index is 0.0768. The van der Waals surface area contributed by atoms with Gasteiger partial charge < -0.3 is 15.3 Å². The fraction of sp³-hybridized carbons (Fsp3) is 0.706. The van der Waals surface area contributed by atoms with Crippen molar-refractivity contribution in [2.24, 2.45) is 17.8 Å². The highest BCUT2D eigenvalue weighted by atomic mass is 16.4. The molecule has 0 radical (unpaired) electrons. The number of amides is 2. The van der Waals surface area contributed by atoms with Crippen molar-refractivity contribution in [1.29, 1.82) is 0 Å². The fourth-order valence-electron chi connectivity index (χ4n) is 2.83. The number of carbonyl (C=O) groups excluding carboxylic acids is 2. The standard InChI is InChI=1S/C17H28N2O4/c1-11(2)12(3)15(20)18-9-10-19(4)16(21)13-7-5-6-8-14(13)17(22)23/h11,13-14H,3,5-10H2,1-2,4H3,(H,18,20)(H,22,23). The molecule has 130 valence electrons. The minimum atomic E-state index is -0.891. The first-order valence-electron chi connectivity index (χ1n) is 8.20. The third-order valence-corrected chi connectivity index (χ3v) is 4.50. The molecule has 0 aromatic heterocycles. The zero-order valence-electron chi connectivity index (χ0n) is 14.3. The lowest BCUT2D eigenvalue weighted by Gasteiger charge is -2.31. The van der Waals surface area contributed by atoms with E-state index in [9.17, 15) is 19.5 Å². The predicted molar refractivity (Wildman–Crippen MR) is 87.7 cm³/mol. The summed E-state index contributed by atoms with van der Waals surface area (Å²) in [4.78, 5) is 37.1. The second-order valence-corrected chi connectivity index (χ2v) is 6.53. The Kier molecular flexibility index (Phi) is 7.26. The highest BCUT2D eigenvalue weighted by Crippen LogP contribution is 2.31. The summed E-state index contributed by atoms with van der Waals surface area (Å²) < 4.78 is 0. The van der Waals surface area contributed by atoms with Gasteiger partial charge in [-0.1, -0.05) is 33.3 Å². The van der Waals surface area contributed by atoms with Gasteiger partial charge in [0, 0.05) is 25.7 Å². The van der Waals surface area contributed by atoms with Gasteiger partial charge in [0.1, 0.15) is 0 Å². The van der Waals surface area contributed by atoms with Crippen LogP contribution in [0.2, 0.25) is 0 Å². The lowest BCUT2D eigenvalue weighted by atomic mass is 9.78. The van der Waals surface area contributed by atoms with Gasteiger partial charge in [-0.3, -0.25) is 14.4 Å². The Bertz CT molecular complexity index is 473. The number of carbonyl (C=O) groups is 3. The Morgan fingerprint density at radius 1 is 1.22 bits per heavy atom. The van der Waals surface area contributed by atoms with Crippen LogP contribution in [0.5, 0.6) is 0 Å². The smallest absolute Gasteiger partial charge is 0.307 e. The molecule has 0 heterocycles. The Labute approximate surface area is 137 Å². The number of likely N-dealkylation sites (N-methyl/N-ethyl adjacent to an activating group) is 1. The molecule has 6 heteroatoms. The zero-order chi connectivity index (χ0) is 17.6. The van der Waals surface area contributed by atoms with Crippen LogP contribution in [-0.4, -0.2) is 47.9 Å². The van der Waals surface area contributed by atoms with Gasteiger partial charge in [0.05, 0.1) is 11.8 Å². The van der Waals surface area contributed by atoms with Crippen LogP contribution in [0.3, 0.4) is 0 Å². The minimum Gasteiger partial charge on any atom is -0.481 e. The van der Waals surface area contributed by atoms with E-state index < -0.39 is 17.8 Å². The molecule has 0 aromatic rings. The third-order valence-electron chi connectivity index (χ3n) is 4.50. The van der Waals surface area contributed by atoms with E-state index >= 15 is 0 Å². The van der Waals surface area contributed by atoms with E-state index in [1.807, 2.05) is 13.8 Å². The Balaban J connectivity index is 2.49. The Hall–Kier alpha value is -1.85. The molecule has 0 aliphatic heterocycles. The number of rotatable bonds is 7. The van der Waals surface area contributed by atoms with Crippen LogP contribution >= 0.6 is 0 Å². The summed E-state index contributed by atoms with van der Waals surface area (Å²) >= 11 is 0. The largest absolute Gasteiger partial charge is 0.481 e. The van der Waals surface area contributed by atoms with Crippen LogP contribution in [0, 0.1) is 17.8 Å². The molecule has 1 saturated carbocycles. The maximum atomic E-state index is 12.5. The summed E-state index contributed by atoms with van der Waals surface area (Å²) in [6.45, 7) is 8.21. The van der Waals surface area contributed by atoms with Gasteiger partial charge in [-0.15, -0.1) is 0 Å². The van der Waals surface area contributed by atoms with Crippen LogP contribution in [0.15, 0.2) is 12.2 Å². The number of hydrogen-bond donors (Lipinski definition) is 2. The van der Waals surface area contributed by atoms with E-state index in [2.05, 4.69) is 11.9 Å². The number of carboxylic acids is 1. The Morgan fingerprint density at radius 3 is 2.30 bits per heavy atom. The van der Waals surface area contributed by atoms with Crippen molar-refractivity contribution in [3.05, 3.63) is 12.2 Å². The third kappa shape index (κ3) is 5.37. The monoisotopic (exact) mass is 324 g/mol. The molecule has 0 saturated heterocycles. The van der Waals surface area contributed by atoms with Gasteiger partial charge in [-0.2, -0.15) is 0 Å². The van der Waals surface area contributed by atoms with Gasteiger partial charge in [0.25, 0.3) is 0 Å². The number of aliphatic carboxylic acids is 1. The van der Waals surface area contributed by atoms with Crippen LogP contribution in [0.1, 0.15) is 39.5 Å². The van der Waals surface area contributed by atoms with Crippen molar-refractivity contribution in [1.82, 2.24) is 10.2 Å². The van der Waals surface area contributed by atoms with E-state index in [1.165, 1.54) is 4.90 Å². The maximum Gasteiger partial charge on any atom is 0.307 e. The SMILES string of the molecule is C=C(C(=O)NCCN(C)C(=O)C1CCCCC1C(=O)O)C(C)C. The average molecular weight is 324 g/mol. The highest BCUT2D eigenvalue weighted by Gasteiger charge is 2.36. The fourth-order valence-corrected chi connectivity index (χ4v) is 2.83. The number of nitrogens with zero attached hydrogens (tertiary/aromatic N) is 1. The molecule has 0 bridgehead atoms. The molecular weight excluding hydrogens is 296 g/mol. The first-order chi connectivity index (χ1) is 10.8. The molecule has 1 aliphatic carbocycles. The van der Waals surface area contributed by atoms with Crippen molar-refractivity contribution in [2.45, 2.75) is 39.5 Å². The van der Waals surface area contributed by atoms with Crippen molar-refractivity contribution in [2.75, 3.05) is 20.1 Å². The Morgan fingerprint density at radius 2 is 1.78 bits per heavy atom. The van der Waals surface area contributed by atoms with Crippen molar-refractivity contribution in [3.8, 4) is 0 Å². The summed E-state index contributed by atoms with van der Waals surface area (Å²) in [6, 6.07) is 0. The van der Waals surface area contributed by atoms with Gasteiger partial charge in [0.2, 0.25) is 11.8 Å². The molecule has 0 aromatic carbocycles. The van der Waals surface area contributed by atoms with Crippen molar-refractivity contribution < 1.29 is 19.5 Å². The summed E-state index contributed by atoms with van der Waals surface area (Å²) in [6.07, 6.45) is 2.93. The van der Waals surface area contributed by atoms with Crippen LogP contribution in [-0.2, 0) is 14.4 Å². The van der Waals surface area contributed by atoms with E-state index in [0.29, 0.717) is 31.5 Å². The number of hydrogen-bond acceptors (Lipinski definition) is 3. The van der Waals surface area contributed by atoms with E-state index in [1.54, 1.807) is 7.05 Å². The number of carboxylic acid groups (broad SMARTS) is 1. The lowest BCUT2D eigenvalue weighted by Crippen LogP contribution is -2.43. The zero-order valence-corrected chi connectivity index (χ0v) is 14.3. The second-order valence-electron chi connectivity index (χ2n) is 6.53. The molecule has 2 amide bonds. The first-order valence-corrected chi connectivity index (χ1v) is 8.20. The summed E-state index contributed by atoms with van der Waals surface area (Å²) in [7, 11) is 1.65. The predicted octanol–water partition coefficient (Wildman–Crippen LogP) is 1.66. The highest BCUT2D eigenvalue weighted by molar-refractivity contribution is 5.93.